The van der Waals surface area contributed by atoms with Gasteiger partial charge in [-0.15, -0.1) is 0 Å². The van der Waals surface area contributed by atoms with Gasteiger partial charge in [0.15, 0.2) is 5.76 Å². The Kier molecular flexibility index (Phi) is 3.43. The molecule has 0 saturated heterocycles. The third kappa shape index (κ3) is 2.34. The maximum Gasteiger partial charge on any atom is 0.438 e. The number of hydrogen-bond donors (Lipinski definition) is 0. The molecule has 24 heavy (non-hydrogen) atoms. The summed E-state index contributed by atoms with van der Waals surface area (Å²) < 4.78 is 44.2. The van der Waals surface area contributed by atoms with Gasteiger partial charge in [0.2, 0.25) is 5.69 Å². The molecule has 0 fully saturated rings. The summed E-state index contributed by atoms with van der Waals surface area (Å²) in [5, 5.41) is 12.2. The molecule has 3 aromatic rings. The number of ketones is 1. The van der Waals surface area contributed by atoms with Crippen molar-refractivity contribution >= 4 is 16.8 Å². The highest BCUT2D eigenvalue weighted by atomic mass is 19.4. The number of furan rings is 1. The Morgan fingerprint density at radius 1 is 1.29 bits per heavy atom. The van der Waals surface area contributed by atoms with E-state index < -0.39 is 39.4 Å². The summed E-state index contributed by atoms with van der Waals surface area (Å²) in [5.74, 6) is -1.80. The first-order chi connectivity index (χ1) is 11.2. The Morgan fingerprint density at radius 3 is 2.58 bits per heavy atom. The number of hydrogen-bond acceptors (Lipinski definition) is 4. The average molecular weight is 338 g/mol. The summed E-state index contributed by atoms with van der Waals surface area (Å²) in [6, 6.07) is 6.17. The third-order valence-corrected chi connectivity index (χ3v) is 3.43. The first-order valence-corrected chi connectivity index (χ1v) is 6.66. The van der Waals surface area contributed by atoms with Crippen molar-refractivity contribution in [2.45, 2.75) is 13.1 Å². The van der Waals surface area contributed by atoms with Crippen molar-refractivity contribution < 1.29 is 26.8 Å². The van der Waals surface area contributed by atoms with Crippen LogP contribution in [0.1, 0.15) is 27.5 Å². The average Bonchev–Trinajstić information content (AvgIpc) is 3.03. The normalized spacial score (nSPS) is 11.8. The smallest absolute Gasteiger partial charge is 0.438 e. The molecule has 0 radical (unpaired) electrons. The van der Waals surface area contributed by atoms with Gasteiger partial charge in [0.05, 0.1) is 10.7 Å². The highest BCUT2D eigenvalue weighted by molar-refractivity contribution is 6.06. The number of nitrogens with zero attached hydrogens (tertiary/aromatic N) is 2. The van der Waals surface area contributed by atoms with Crippen LogP contribution in [0.4, 0.5) is 13.2 Å². The summed E-state index contributed by atoms with van der Waals surface area (Å²) in [6.07, 6.45) is -4.13. The molecule has 0 amide bonds. The van der Waals surface area contributed by atoms with E-state index in [1.54, 1.807) is 6.92 Å². The predicted molar refractivity (Wildman–Crippen MR) is 75.9 cm³/mol. The molecule has 2 aromatic heterocycles. The lowest BCUT2D eigenvalue weighted by atomic mass is 10.1. The van der Waals surface area contributed by atoms with Crippen LogP contribution >= 0.6 is 0 Å². The minimum absolute atomic E-state index is 0.184. The van der Waals surface area contributed by atoms with Crippen molar-refractivity contribution in [3.8, 4) is 0 Å². The van der Waals surface area contributed by atoms with Crippen molar-refractivity contribution in [2.75, 3.05) is 0 Å². The largest absolute Gasteiger partial charge is 0.805 e. The summed E-state index contributed by atoms with van der Waals surface area (Å²) in [6.45, 7) is 1.56. The fraction of sp³-hybridized carbons (Fsp3) is 0.133. The van der Waals surface area contributed by atoms with E-state index >= 15 is 0 Å². The zero-order valence-corrected chi connectivity index (χ0v) is 12.1. The van der Waals surface area contributed by atoms with Gasteiger partial charge in [0.25, 0.3) is 11.3 Å². The Bertz CT molecular complexity index is 1000. The molecule has 0 aliphatic carbocycles. The number of carbonyl (C=O) groups is 1. The summed E-state index contributed by atoms with van der Waals surface area (Å²) in [5.41, 5.74) is -3.54. The number of fused-ring (bicyclic) bond motifs is 1. The summed E-state index contributed by atoms with van der Waals surface area (Å²) in [4.78, 5) is 24.7. The standard InChI is InChI=1S/C15H9F3N2O4/c1-8-4-5-9-10(7-8)20(23)14(15(16,17)18)12(19(9)22)13(21)11-3-2-6-24-11/h2-7H,1H3. The van der Waals surface area contributed by atoms with Crippen molar-refractivity contribution in [1.29, 1.82) is 0 Å². The number of rotatable bonds is 2. The fourth-order valence-corrected chi connectivity index (χ4v) is 2.37. The molecule has 9 heteroatoms. The van der Waals surface area contributed by atoms with Gasteiger partial charge in [-0.25, -0.2) is 0 Å². The Balaban J connectivity index is 2.48. The number of carbonyl (C=O) groups excluding carboxylic acids is 1. The molecule has 0 N–H and O–H groups in total. The molecule has 0 atom stereocenters. The summed E-state index contributed by atoms with van der Waals surface area (Å²) >= 11 is 0. The van der Waals surface area contributed by atoms with E-state index in [9.17, 15) is 28.1 Å². The lowest BCUT2D eigenvalue weighted by Crippen LogP contribution is -2.34. The highest BCUT2D eigenvalue weighted by Gasteiger charge is 2.45. The van der Waals surface area contributed by atoms with Crippen molar-refractivity contribution in [2.24, 2.45) is 0 Å². The van der Waals surface area contributed by atoms with Gasteiger partial charge in [-0.05, 0) is 30.7 Å². The molecule has 6 nitrogen and oxygen atoms in total. The third-order valence-electron chi connectivity index (χ3n) is 3.43. The lowest BCUT2D eigenvalue weighted by molar-refractivity contribution is -0.470. The van der Waals surface area contributed by atoms with Crippen LogP contribution < -0.4 is 4.43 Å². The number of halogens is 3. The second-order valence-electron chi connectivity index (χ2n) is 5.08. The number of aromatic nitrogens is 2. The molecule has 0 bridgehead atoms. The minimum atomic E-state index is -5.20. The SMILES string of the molecule is Cc1ccc2c(c1)n([O-])c(C(F)(F)F)c(C(=O)c1ccco1)[n+]2=O. The Labute approximate surface area is 131 Å². The number of alkyl halides is 3. The van der Waals surface area contributed by atoms with E-state index in [0.29, 0.717) is 5.56 Å². The Hall–Kier alpha value is -3.10. The first-order valence-electron chi connectivity index (χ1n) is 6.66. The molecule has 0 saturated carbocycles. The molecular formula is C15H9F3N2O4. The van der Waals surface area contributed by atoms with Gasteiger partial charge in [0, 0.05) is 11.0 Å². The van der Waals surface area contributed by atoms with E-state index in [0.717, 1.165) is 18.4 Å². The second-order valence-corrected chi connectivity index (χ2v) is 5.08. The van der Waals surface area contributed by atoms with Gasteiger partial charge >= 0.3 is 11.9 Å². The van der Waals surface area contributed by atoms with E-state index in [2.05, 4.69) is 0 Å². The van der Waals surface area contributed by atoms with Crippen LogP contribution in [0.15, 0.2) is 41.0 Å². The quantitative estimate of drug-likeness (QED) is 0.531. The first kappa shape index (κ1) is 15.8. The molecule has 2 heterocycles. The van der Waals surface area contributed by atoms with Crippen molar-refractivity contribution in [3.05, 3.63) is 69.4 Å². The minimum Gasteiger partial charge on any atom is -0.805 e. The monoisotopic (exact) mass is 338 g/mol. The van der Waals surface area contributed by atoms with Gasteiger partial charge in [-0.3, -0.25) is 4.79 Å². The lowest BCUT2D eigenvalue weighted by Gasteiger charge is -2.20. The van der Waals surface area contributed by atoms with Crippen LogP contribution in [-0.2, 0) is 6.18 Å². The molecule has 3 rings (SSSR count). The molecular weight excluding hydrogens is 329 g/mol. The van der Waals surface area contributed by atoms with Crippen molar-refractivity contribution in [3.63, 3.8) is 0 Å². The summed E-state index contributed by atoms with van der Waals surface area (Å²) in [7, 11) is 0. The fourth-order valence-electron chi connectivity index (χ4n) is 2.37. The van der Waals surface area contributed by atoms with Gasteiger partial charge < -0.3 is 14.4 Å². The molecule has 1 aromatic carbocycles. The zero-order valence-electron chi connectivity index (χ0n) is 12.1. The predicted octanol–water partition coefficient (Wildman–Crippen LogP) is 3.05. The molecule has 0 unspecified atom stereocenters. The van der Waals surface area contributed by atoms with Crippen LogP contribution in [0.2, 0.25) is 0 Å². The Morgan fingerprint density at radius 2 is 2.00 bits per heavy atom. The van der Waals surface area contributed by atoms with E-state index in [-0.39, 0.29) is 9.94 Å². The van der Waals surface area contributed by atoms with Gasteiger partial charge in [0.1, 0.15) is 5.52 Å². The molecule has 124 valence electrons. The van der Waals surface area contributed by atoms with E-state index in [1.165, 1.54) is 18.2 Å². The maximum absolute atomic E-state index is 13.4. The van der Waals surface area contributed by atoms with Crippen LogP contribution in [0.25, 0.3) is 11.0 Å². The molecule has 0 aliphatic rings. The van der Waals surface area contributed by atoms with Crippen LogP contribution in [0.5, 0.6) is 0 Å². The van der Waals surface area contributed by atoms with Crippen LogP contribution in [-0.4, -0.2) is 10.5 Å². The van der Waals surface area contributed by atoms with Crippen LogP contribution in [0, 0.1) is 17.0 Å². The topological polar surface area (TPSA) is 81.2 Å². The van der Waals surface area contributed by atoms with Gasteiger partial charge in [-0.1, -0.05) is 6.07 Å². The van der Waals surface area contributed by atoms with Crippen molar-refractivity contribution in [1.82, 2.24) is 4.73 Å². The zero-order chi connectivity index (χ0) is 17.6. The highest BCUT2D eigenvalue weighted by Crippen LogP contribution is 2.33. The van der Waals surface area contributed by atoms with Crippen LogP contribution in [0.3, 0.4) is 0 Å². The maximum atomic E-state index is 13.4. The number of aryl methyl sites for hydroxylation is 1. The van der Waals surface area contributed by atoms with E-state index in [1.807, 2.05) is 0 Å². The second kappa shape index (κ2) is 5.22. The van der Waals surface area contributed by atoms with Gasteiger partial charge in [-0.2, -0.15) is 13.2 Å². The van der Waals surface area contributed by atoms with E-state index in [4.69, 9.17) is 4.42 Å². The number of benzene rings is 1. The molecule has 0 spiro atoms. The molecule has 0 aliphatic heterocycles.